The van der Waals surface area contributed by atoms with Gasteiger partial charge in [0.2, 0.25) is 0 Å². The molecule has 34 heavy (non-hydrogen) atoms. The summed E-state index contributed by atoms with van der Waals surface area (Å²) in [5.41, 5.74) is 1.78. The van der Waals surface area contributed by atoms with E-state index >= 15 is 0 Å². The van der Waals surface area contributed by atoms with E-state index in [1.807, 2.05) is 42.5 Å². The Balaban J connectivity index is 1.59. The molecule has 0 unspecified atom stereocenters. The highest BCUT2D eigenvalue weighted by Gasteiger charge is 2.13. The van der Waals surface area contributed by atoms with Gasteiger partial charge in [-0.25, -0.2) is 4.79 Å². The molecular weight excluding hydrogens is 432 g/mol. The summed E-state index contributed by atoms with van der Waals surface area (Å²) in [6.07, 6.45) is 6.90. The average Bonchev–Trinajstić information content (AvgIpc) is 2.88. The minimum absolute atomic E-state index is 0.109. The summed E-state index contributed by atoms with van der Waals surface area (Å²) in [5.74, 6) is 0.428. The number of rotatable bonds is 7. The van der Waals surface area contributed by atoms with Crippen molar-refractivity contribution in [2.24, 2.45) is 7.05 Å². The number of fused-ring (bicyclic) bond motifs is 1. The number of pyridine rings is 1. The molecule has 4 aromatic rings. The van der Waals surface area contributed by atoms with Crippen molar-refractivity contribution in [2.45, 2.75) is 13.1 Å². The second-order valence-corrected chi connectivity index (χ2v) is 7.70. The second-order valence-electron chi connectivity index (χ2n) is 7.70. The molecule has 1 N–H and O–H groups in total. The van der Waals surface area contributed by atoms with Gasteiger partial charge < -0.3 is 10.1 Å². The van der Waals surface area contributed by atoms with E-state index in [1.165, 1.54) is 10.6 Å². The zero-order valence-corrected chi connectivity index (χ0v) is 18.9. The van der Waals surface area contributed by atoms with E-state index in [0.717, 1.165) is 21.4 Å². The summed E-state index contributed by atoms with van der Waals surface area (Å²) in [6, 6.07) is 15.8. The minimum atomic E-state index is -0.442. The van der Waals surface area contributed by atoms with E-state index in [1.54, 1.807) is 44.8 Å². The molecule has 4 rings (SSSR count). The number of amides is 1. The molecule has 172 valence electrons. The fourth-order valence-electron chi connectivity index (χ4n) is 3.61. The highest BCUT2D eigenvalue weighted by atomic mass is 16.5. The van der Waals surface area contributed by atoms with Gasteiger partial charge in [0.15, 0.2) is 0 Å². The summed E-state index contributed by atoms with van der Waals surface area (Å²) in [4.78, 5) is 42.6. The van der Waals surface area contributed by atoms with Crippen LogP contribution in [0.5, 0.6) is 5.75 Å². The maximum atomic E-state index is 13.1. The quantitative estimate of drug-likeness (QED) is 0.461. The van der Waals surface area contributed by atoms with Gasteiger partial charge in [-0.3, -0.25) is 23.7 Å². The van der Waals surface area contributed by atoms with Crippen molar-refractivity contribution >= 4 is 22.9 Å². The van der Waals surface area contributed by atoms with Gasteiger partial charge in [-0.2, -0.15) is 0 Å². The number of methoxy groups -OCH3 is 1. The minimum Gasteiger partial charge on any atom is -0.497 e. The normalized spacial score (nSPS) is 11.1. The number of hydrogen-bond donors (Lipinski definition) is 1. The average molecular weight is 457 g/mol. The van der Waals surface area contributed by atoms with Gasteiger partial charge >= 0.3 is 5.69 Å². The Morgan fingerprint density at radius 2 is 1.79 bits per heavy atom. The van der Waals surface area contributed by atoms with Crippen LogP contribution in [-0.2, 0) is 20.1 Å². The van der Waals surface area contributed by atoms with Crippen LogP contribution in [-0.4, -0.2) is 27.1 Å². The maximum absolute atomic E-state index is 13.1. The summed E-state index contributed by atoms with van der Waals surface area (Å²) < 4.78 is 7.71. The molecule has 2 aromatic heterocycles. The predicted molar refractivity (Wildman–Crippen MR) is 131 cm³/mol. The van der Waals surface area contributed by atoms with Crippen LogP contribution in [0.1, 0.15) is 21.5 Å². The Morgan fingerprint density at radius 3 is 2.50 bits per heavy atom. The summed E-state index contributed by atoms with van der Waals surface area (Å²) in [7, 11) is 3.20. The number of nitrogens with one attached hydrogen (secondary N) is 1. The standard InChI is InChI=1S/C26H24N4O4/c1-29-23-10-7-20(24(31)28-17-19-5-8-21(34-2)9-6-19)16-22(23)25(32)30(26(29)33)15-3-4-18-11-13-27-14-12-18/h3-14,16H,15,17H2,1-2H3,(H,28,31). The third kappa shape index (κ3) is 4.80. The Bertz CT molecular complexity index is 1470. The smallest absolute Gasteiger partial charge is 0.331 e. The van der Waals surface area contributed by atoms with Crippen molar-refractivity contribution < 1.29 is 9.53 Å². The molecule has 0 saturated carbocycles. The molecule has 0 saturated heterocycles. The lowest BCUT2D eigenvalue weighted by molar-refractivity contribution is 0.0951. The van der Waals surface area contributed by atoms with Crippen LogP contribution in [0, 0.1) is 0 Å². The largest absolute Gasteiger partial charge is 0.497 e. The molecule has 0 fully saturated rings. The molecule has 2 heterocycles. The molecule has 2 aromatic carbocycles. The summed E-state index contributed by atoms with van der Waals surface area (Å²) >= 11 is 0. The maximum Gasteiger partial charge on any atom is 0.331 e. The van der Waals surface area contributed by atoms with Crippen molar-refractivity contribution in [1.29, 1.82) is 0 Å². The van der Waals surface area contributed by atoms with Crippen LogP contribution in [0.15, 0.2) is 82.7 Å². The number of carbonyl (C=O) groups is 1. The molecule has 0 bridgehead atoms. The number of allylic oxidation sites excluding steroid dienone is 1. The molecular formula is C26H24N4O4. The molecule has 0 radical (unpaired) electrons. The Morgan fingerprint density at radius 1 is 1.06 bits per heavy atom. The van der Waals surface area contributed by atoms with Crippen molar-refractivity contribution in [1.82, 2.24) is 19.4 Å². The first-order valence-corrected chi connectivity index (χ1v) is 10.7. The van der Waals surface area contributed by atoms with Crippen LogP contribution >= 0.6 is 0 Å². The Labute approximate surface area is 195 Å². The Hall–Kier alpha value is -4.46. The van der Waals surface area contributed by atoms with Crippen molar-refractivity contribution in [3.63, 3.8) is 0 Å². The fourth-order valence-corrected chi connectivity index (χ4v) is 3.61. The molecule has 0 spiro atoms. The number of hydrogen-bond acceptors (Lipinski definition) is 5. The van der Waals surface area contributed by atoms with Gasteiger partial charge in [-0.1, -0.05) is 24.3 Å². The van der Waals surface area contributed by atoms with Gasteiger partial charge in [0, 0.05) is 38.1 Å². The topological polar surface area (TPSA) is 95.2 Å². The number of ether oxygens (including phenoxy) is 1. The third-order valence-corrected chi connectivity index (χ3v) is 5.53. The number of aryl methyl sites for hydroxylation is 1. The summed E-state index contributed by atoms with van der Waals surface area (Å²) in [6.45, 7) is 0.440. The van der Waals surface area contributed by atoms with E-state index < -0.39 is 11.2 Å². The van der Waals surface area contributed by atoms with Crippen LogP contribution < -0.4 is 21.3 Å². The molecule has 1 amide bonds. The van der Waals surface area contributed by atoms with Gasteiger partial charge in [0.1, 0.15) is 5.75 Å². The Kier molecular flexibility index (Phi) is 6.68. The zero-order valence-electron chi connectivity index (χ0n) is 18.9. The third-order valence-electron chi connectivity index (χ3n) is 5.53. The second kappa shape index (κ2) is 9.99. The van der Waals surface area contributed by atoms with E-state index in [2.05, 4.69) is 10.3 Å². The van der Waals surface area contributed by atoms with Crippen LogP contribution in [0.4, 0.5) is 0 Å². The van der Waals surface area contributed by atoms with E-state index in [9.17, 15) is 14.4 Å². The summed E-state index contributed by atoms with van der Waals surface area (Å²) in [5, 5.41) is 3.16. The van der Waals surface area contributed by atoms with Crippen LogP contribution in [0.2, 0.25) is 0 Å². The molecule has 0 aliphatic carbocycles. The first-order chi connectivity index (χ1) is 16.5. The van der Waals surface area contributed by atoms with Crippen molar-refractivity contribution in [2.75, 3.05) is 7.11 Å². The molecule has 0 atom stereocenters. The number of aromatic nitrogens is 3. The fraction of sp³-hybridized carbons (Fsp3) is 0.154. The van der Waals surface area contributed by atoms with Gasteiger partial charge in [0.25, 0.3) is 11.5 Å². The lowest BCUT2D eigenvalue weighted by Gasteiger charge is -2.11. The van der Waals surface area contributed by atoms with E-state index in [0.29, 0.717) is 23.0 Å². The molecule has 0 aliphatic rings. The zero-order chi connectivity index (χ0) is 24.1. The van der Waals surface area contributed by atoms with E-state index in [4.69, 9.17) is 4.74 Å². The first kappa shape index (κ1) is 22.7. The van der Waals surface area contributed by atoms with Crippen LogP contribution in [0.3, 0.4) is 0 Å². The number of benzene rings is 2. The van der Waals surface area contributed by atoms with Gasteiger partial charge in [-0.15, -0.1) is 0 Å². The predicted octanol–water partition coefficient (Wildman–Crippen LogP) is 2.75. The lowest BCUT2D eigenvalue weighted by atomic mass is 10.1. The lowest BCUT2D eigenvalue weighted by Crippen LogP contribution is -2.38. The number of nitrogens with zero attached hydrogens (tertiary/aromatic N) is 3. The highest BCUT2D eigenvalue weighted by molar-refractivity contribution is 5.97. The van der Waals surface area contributed by atoms with Gasteiger partial charge in [-0.05, 0) is 53.6 Å². The number of carbonyl (C=O) groups excluding carboxylic acids is 1. The highest BCUT2D eigenvalue weighted by Crippen LogP contribution is 2.13. The van der Waals surface area contributed by atoms with Crippen molar-refractivity contribution in [3.05, 3.63) is 111 Å². The van der Waals surface area contributed by atoms with Gasteiger partial charge in [0.05, 0.1) is 18.0 Å². The molecule has 8 heteroatoms. The molecule has 8 nitrogen and oxygen atoms in total. The molecule has 0 aliphatic heterocycles. The first-order valence-electron chi connectivity index (χ1n) is 10.7. The van der Waals surface area contributed by atoms with Crippen LogP contribution in [0.25, 0.3) is 17.0 Å². The monoisotopic (exact) mass is 456 g/mol. The van der Waals surface area contributed by atoms with E-state index in [-0.39, 0.29) is 12.5 Å². The SMILES string of the molecule is COc1ccc(CNC(=O)c2ccc3c(c2)c(=O)n(CC=Cc2ccncc2)c(=O)n3C)cc1. The van der Waals surface area contributed by atoms with Crippen molar-refractivity contribution in [3.8, 4) is 5.75 Å².